The third-order valence-electron chi connectivity index (χ3n) is 2.59. The van der Waals surface area contributed by atoms with Crippen molar-refractivity contribution in [3.05, 3.63) is 62.8 Å². The molecule has 0 fully saturated rings. The van der Waals surface area contributed by atoms with Crippen molar-refractivity contribution in [3.8, 4) is 5.75 Å². The van der Waals surface area contributed by atoms with Crippen LogP contribution in [0.15, 0.2) is 51.7 Å². The standard InChI is InChI=1S/C14H7ClO4S/c15-9-3-1-8(2-4-9)13(16)18-10-5-6-11-12(7-10)20-14(17)19-11/h1-7H. The molecular weight excluding hydrogens is 300 g/mol. The number of rotatable bonds is 2. The maximum absolute atomic E-state index is 11.9. The Hall–Kier alpha value is -2.11. The number of carbonyl (C=O) groups excluding carboxylic acids is 1. The zero-order valence-electron chi connectivity index (χ0n) is 9.96. The summed E-state index contributed by atoms with van der Waals surface area (Å²) in [6.07, 6.45) is 0. The Bertz CT molecular complexity index is 832. The van der Waals surface area contributed by atoms with Crippen molar-refractivity contribution in [1.82, 2.24) is 0 Å². The molecule has 1 heterocycles. The van der Waals surface area contributed by atoms with Gasteiger partial charge < -0.3 is 9.15 Å². The summed E-state index contributed by atoms with van der Waals surface area (Å²) in [5.41, 5.74) is 0.876. The number of hydrogen-bond acceptors (Lipinski definition) is 5. The van der Waals surface area contributed by atoms with Gasteiger partial charge in [-0.2, -0.15) is 0 Å². The summed E-state index contributed by atoms with van der Waals surface area (Å²) in [5.74, 6) is -0.133. The van der Waals surface area contributed by atoms with Crippen LogP contribution in [-0.4, -0.2) is 5.97 Å². The fourth-order valence-electron chi connectivity index (χ4n) is 1.67. The SMILES string of the molecule is O=C(Oc1ccc2oc(=O)sc2c1)c1ccc(Cl)cc1. The summed E-state index contributed by atoms with van der Waals surface area (Å²) >= 11 is 6.71. The average molecular weight is 307 g/mol. The molecule has 0 radical (unpaired) electrons. The van der Waals surface area contributed by atoms with Crippen LogP contribution >= 0.6 is 22.9 Å². The molecule has 0 aliphatic rings. The van der Waals surface area contributed by atoms with Gasteiger partial charge in [0.15, 0.2) is 0 Å². The van der Waals surface area contributed by atoms with Crippen molar-refractivity contribution >= 4 is 39.2 Å². The Kier molecular flexibility index (Phi) is 3.30. The molecule has 4 nitrogen and oxygen atoms in total. The van der Waals surface area contributed by atoms with Crippen molar-refractivity contribution in [1.29, 1.82) is 0 Å². The average Bonchev–Trinajstić information content (AvgIpc) is 2.78. The highest BCUT2D eigenvalue weighted by Crippen LogP contribution is 2.23. The first-order valence-corrected chi connectivity index (χ1v) is 6.83. The van der Waals surface area contributed by atoms with Gasteiger partial charge in [-0.3, -0.25) is 0 Å². The van der Waals surface area contributed by atoms with E-state index in [1.807, 2.05) is 0 Å². The summed E-state index contributed by atoms with van der Waals surface area (Å²) in [5, 5.41) is 0.547. The van der Waals surface area contributed by atoms with Gasteiger partial charge in [-0.25, -0.2) is 9.59 Å². The predicted molar refractivity (Wildman–Crippen MR) is 76.8 cm³/mol. The molecule has 20 heavy (non-hydrogen) atoms. The van der Waals surface area contributed by atoms with E-state index in [-0.39, 0.29) is 4.94 Å². The van der Waals surface area contributed by atoms with Gasteiger partial charge in [-0.05, 0) is 36.4 Å². The van der Waals surface area contributed by atoms with Gasteiger partial charge in [0, 0.05) is 11.1 Å². The second-order valence-corrected chi connectivity index (χ2v) is 5.37. The molecule has 6 heteroatoms. The minimum atomic E-state index is -0.489. The third-order valence-corrected chi connectivity index (χ3v) is 3.63. The van der Waals surface area contributed by atoms with Gasteiger partial charge in [-0.15, -0.1) is 0 Å². The lowest BCUT2D eigenvalue weighted by Gasteiger charge is -2.04. The van der Waals surface area contributed by atoms with Gasteiger partial charge in [0.05, 0.1) is 10.3 Å². The van der Waals surface area contributed by atoms with Gasteiger partial charge in [0.25, 0.3) is 0 Å². The normalized spacial score (nSPS) is 10.7. The summed E-state index contributed by atoms with van der Waals surface area (Å²) < 4.78 is 10.8. The van der Waals surface area contributed by atoms with Gasteiger partial charge >= 0.3 is 10.9 Å². The Labute approximate surface area is 122 Å². The molecule has 3 aromatic rings. The number of hydrogen-bond donors (Lipinski definition) is 0. The number of esters is 1. The van der Waals surface area contributed by atoms with E-state index in [0.717, 1.165) is 11.3 Å². The van der Waals surface area contributed by atoms with Crippen LogP contribution in [0.25, 0.3) is 10.3 Å². The Morgan fingerprint density at radius 2 is 1.90 bits per heavy atom. The largest absolute Gasteiger partial charge is 0.423 e. The molecular formula is C14H7ClO4S. The number of ether oxygens (including phenoxy) is 1. The quantitative estimate of drug-likeness (QED) is 0.535. The van der Waals surface area contributed by atoms with E-state index in [9.17, 15) is 9.59 Å². The van der Waals surface area contributed by atoms with E-state index >= 15 is 0 Å². The topological polar surface area (TPSA) is 56.5 Å². The summed E-state index contributed by atoms with van der Waals surface area (Å²) in [6.45, 7) is 0. The number of benzene rings is 2. The van der Waals surface area contributed by atoms with Crippen LogP contribution in [0.4, 0.5) is 0 Å². The van der Waals surface area contributed by atoms with Crippen LogP contribution < -0.4 is 9.68 Å². The monoisotopic (exact) mass is 306 g/mol. The second kappa shape index (κ2) is 5.11. The first-order chi connectivity index (χ1) is 9.61. The second-order valence-electron chi connectivity index (χ2n) is 3.96. The summed E-state index contributed by atoms with van der Waals surface area (Å²) in [4.78, 5) is 22.6. The molecule has 100 valence electrons. The first kappa shape index (κ1) is 12.9. The van der Waals surface area contributed by atoms with E-state index in [2.05, 4.69) is 0 Å². The Morgan fingerprint density at radius 3 is 2.65 bits per heavy atom. The smallest absolute Gasteiger partial charge is 0.396 e. The van der Waals surface area contributed by atoms with Crippen molar-refractivity contribution in [2.75, 3.05) is 0 Å². The van der Waals surface area contributed by atoms with E-state index in [0.29, 0.717) is 26.6 Å². The maximum Gasteiger partial charge on any atom is 0.396 e. The van der Waals surface area contributed by atoms with Crippen molar-refractivity contribution in [2.24, 2.45) is 0 Å². The molecule has 0 unspecified atom stereocenters. The van der Waals surface area contributed by atoms with Crippen LogP contribution in [0.5, 0.6) is 5.75 Å². The molecule has 0 spiro atoms. The predicted octanol–water partition coefficient (Wildman–Crippen LogP) is 3.73. The fourth-order valence-corrected chi connectivity index (χ4v) is 2.49. The number of halogens is 1. The van der Waals surface area contributed by atoms with Crippen LogP contribution in [0, 0.1) is 0 Å². The number of fused-ring (bicyclic) bond motifs is 1. The first-order valence-electron chi connectivity index (χ1n) is 5.63. The van der Waals surface area contributed by atoms with Crippen LogP contribution in [0.1, 0.15) is 10.4 Å². The zero-order chi connectivity index (χ0) is 14.1. The van der Waals surface area contributed by atoms with Crippen LogP contribution in [-0.2, 0) is 0 Å². The molecule has 0 aliphatic heterocycles. The summed E-state index contributed by atoms with van der Waals surface area (Å²) in [7, 11) is 0. The Balaban J connectivity index is 1.86. The molecule has 0 aliphatic carbocycles. The van der Waals surface area contributed by atoms with Crippen molar-refractivity contribution < 1.29 is 13.9 Å². The highest BCUT2D eigenvalue weighted by molar-refractivity contribution is 7.16. The van der Waals surface area contributed by atoms with Crippen molar-refractivity contribution in [2.45, 2.75) is 0 Å². The third kappa shape index (κ3) is 2.59. The Morgan fingerprint density at radius 1 is 1.15 bits per heavy atom. The van der Waals surface area contributed by atoms with Gasteiger partial charge in [0.2, 0.25) is 0 Å². The van der Waals surface area contributed by atoms with E-state index in [1.165, 1.54) is 0 Å². The lowest BCUT2D eigenvalue weighted by atomic mass is 10.2. The lowest BCUT2D eigenvalue weighted by molar-refractivity contribution is 0.0735. The van der Waals surface area contributed by atoms with Crippen molar-refractivity contribution in [3.63, 3.8) is 0 Å². The fraction of sp³-hybridized carbons (Fsp3) is 0. The van der Waals surface area contributed by atoms with Crippen LogP contribution in [0.3, 0.4) is 0 Å². The molecule has 0 amide bonds. The van der Waals surface area contributed by atoms with Gasteiger partial charge in [0.1, 0.15) is 11.3 Å². The number of carbonyl (C=O) groups is 1. The van der Waals surface area contributed by atoms with E-state index in [4.69, 9.17) is 20.8 Å². The molecule has 0 saturated heterocycles. The minimum absolute atomic E-state index is 0.356. The van der Waals surface area contributed by atoms with E-state index in [1.54, 1.807) is 42.5 Å². The molecule has 3 rings (SSSR count). The van der Waals surface area contributed by atoms with Gasteiger partial charge in [-0.1, -0.05) is 22.9 Å². The molecule has 0 N–H and O–H groups in total. The molecule has 0 bridgehead atoms. The molecule has 0 atom stereocenters. The molecule has 1 aromatic heterocycles. The summed E-state index contributed by atoms with van der Waals surface area (Å²) in [6, 6.07) is 11.2. The maximum atomic E-state index is 11.9. The van der Waals surface area contributed by atoms with Crippen LogP contribution in [0.2, 0.25) is 5.02 Å². The molecule has 0 saturated carbocycles. The zero-order valence-corrected chi connectivity index (χ0v) is 11.5. The lowest BCUT2D eigenvalue weighted by Crippen LogP contribution is -2.07. The highest BCUT2D eigenvalue weighted by atomic mass is 35.5. The molecule has 2 aromatic carbocycles. The van der Waals surface area contributed by atoms with E-state index < -0.39 is 5.97 Å². The minimum Gasteiger partial charge on any atom is -0.423 e. The highest BCUT2D eigenvalue weighted by Gasteiger charge is 2.10.